The second-order valence-corrected chi connectivity index (χ2v) is 9.19. The summed E-state index contributed by atoms with van der Waals surface area (Å²) < 4.78 is 22.6. The van der Waals surface area contributed by atoms with Gasteiger partial charge in [0.1, 0.15) is 6.61 Å². The van der Waals surface area contributed by atoms with Gasteiger partial charge in [0.15, 0.2) is 23.4 Å². The summed E-state index contributed by atoms with van der Waals surface area (Å²) in [5.74, 6) is 1.11. The Morgan fingerprint density at radius 1 is 1.05 bits per heavy atom. The lowest BCUT2D eigenvalue weighted by atomic mass is 10.1. The molecule has 0 unspecified atom stereocenters. The van der Waals surface area contributed by atoms with Crippen LogP contribution in [-0.4, -0.2) is 40.8 Å². The van der Waals surface area contributed by atoms with E-state index < -0.39 is 12.0 Å². The highest BCUT2D eigenvalue weighted by atomic mass is 16.7. The first-order chi connectivity index (χ1) is 19.1. The van der Waals surface area contributed by atoms with Crippen LogP contribution in [0.5, 0.6) is 17.2 Å². The monoisotopic (exact) mass is 526 g/mol. The summed E-state index contributed by atoms with van der Waals surface area (Å²) in [5.41, 5.74) is 3.60. The van der Waals surface area contributed by atoms with Gasteiger partial charge in [-0.05, 0) is 23.3 Å². The number of aromatic amines is 1. The molecule has 2 aliphatic heterocycles. The van der Waals surface area contributed by atoms with Gasteiger partial charge in [-0.15, -0.1) is 0 Å². The van der Waals surface area contributed by atoms with Gasteiger partial charge >= 0.3 is 0 Å². The molecule has 1 aromatic heterocycles. The number of carbonyl (C=O) groups excluding carboxylic acids is 2. The van der Waals surface area contributed by atoms with Crippen molar-refractivity contribution in [2.45, 2.75) is 25.8 Å². The second-order valence-electron chi connectivity index (χ2n) is 9.19. The van der Waals surface area contributed by atoms with E-state index >= 15 is 0 Å². The molecular weight excluding hydrogens is 500 g/mol. The number of nitrogens with zero attached hydrogens (tertiary/aromatic N) is 2. The Morgan fingerprint density at radius 3 is 2.59 bits per heavy atom. The van der Waals surface area contributed by atoms with Crippen molar-refractivity contribution in [3.63, 3.8) is 0 Å². The van der Waals surface area contributed by atoms with E-state index in [1.165, 1.54) is 7.11 Å². The van der Waals surface area contributed by atoms with Crippen molar-refractivity contribution in [3.8, 4) is 17.2 Å². The van der Waals surface area contributed by atoms with E-state index in [0.717, 1.165) is 22.4 Å². The lowest BCUT2D eigenvalue weighted by molar-refractivity contribution is -0.143. The second kappa shape index (κ2) is 10.5. The molecule has 198 valence electrons. The van der Waals surface area contributed by atoms with Gasteiger partial charge in [-0.2, -0.15) is 5.10 Å². The summed E-state index contributed by atoms with van der Waals surface area (Å²) in [6.07, 6.45) is -0.718. The lowest BCUT2D eigenvalue weighted by Crippen LogP contribution is -2.32. The highest BCUT2D eigenvalue weighted by Crippen LogP contribution is 2.42. The molecule has 4 aromatic rings. The molecule has 1 atom stereocenters. The van der Waals surface area contributed by atoms with Crippen molar-refractivity contribution in [1.82, 2.24) is 15.1 Å². The van der Waals surface area contributed by atoms with Gasteiger partial charge in [-0.1, -0.05) is 60.7 Å². The zero-order valence-electron chi connectivity index (χ0n) is 21.2. The zero-order chi connectivity index (χ0) is 26.8. The van der Waals surface area contributed by atoms with Crippen molar-refractivity contribution < 1.29 is 28.5 Å². The maximum atomic E-state index is 13.3. The maximum Gasteiger partial charge on any atom is 0.257 e. The van der Waals surface area contributed by atoms with Crippen LogP contribution in [-0.2, 0) is 29.2 Å². The Balaban J connectivity index is 1.17. The van der Waals surface area contributed by atoms with Crippen LogP contribution in [0.1, 0.15) is 38.8 Å². The van der Waals surface area contributed by atoms with Crippen molar-refractivity contribution in [3.05, 3.63) is 101 Å². The molecule has 6 rings (SSSR count). The number of benzene rings is 3. The number of hydrogen-bond donors (Lipinski definition) is 2. The number of rotatable bonds is 8. The Kier molecular flexibility index (Phi) is 6.60. The number of carbonyl (C=O) groups is 2. The standard InChI is InChI=1S/C29H26N4O6/c1-36-25(19-10-6-3-7-11-19)29(35)33-14-21-22(15-33)31-32-27(21)30-28(34)20-12-23(26-24(13-20)38-17-39-26)37-16-18-8-4-2-5-9-18/h2-13,25H,14-17H2,1H3,(H2,30,31,32,34)/t25-/m0/s1. The van der Waals surface area contributed by atoms with E-state index in [9.17, 15) is 9.59 Å². The molecule has 0 saturated carbocycles. The Bertz CT molecular complexity index is 1510. The van der Waals surface area contributed by atoms with Crippen molar-refractivity contribution in [2.75, 3.05) is 19.2 Å². The summed E-state index contributed by atoms with van der Waals surface area (Å²) in [7, 11) is 1.52. The van der Waals surface area contributed by atoms with Crippen LogP contribution in [0.3, 0.4) is 0 Å². The van der Waals surface area contributed by atoms with Gasteiger partial charge < -0.3 is 29.2 Å². The Hall–Kier alpha value is -4.83. The van der Waals surface area contributed by atoms with E-state index in [2.05, 4.69) is 15.5 Å². The van der Waals surface area contributed by atoms with Crippen LogP contribution in [0.25, 0.3) is 0 Å². The minimum atomic E-state index is -0.718. The molecule has 2 N–H and O–H groups in total. The number of anilines is 1. The molecule has 0 fully saturated rings. The van der Waals surface area contributed by atoms with Gasteiger partial charge in [0.05, 0.1) is 18.8 Å². The topological polar surface area (TPSA) is 115 Å². The molecule has 0 radical (unpaired) electrons. The summed E-state index contributed by atoms with van der Waals surface area (Å²) in [5, 5.41) is 10.1. The summed E-state index contributed by atoms with van der Waals surface area (Å²) >= 11 is 0. The van der Waals surface area contributed by atoms with Crippen LogP contribution in [0, 0.1) is 0 Å². The minimum absolute atomic E-state index is 0.0459. The van der Waals surface area contributed by atoms with E-state index in [0.29, 0.717) is 48.3 Å². The first-order valence-electron chi connectivity index (χ1n) is 12.4. The van der Waals surface area contributed by atoms with Crippen LogP contribution < -0.4 is 19.5 Å². The molecule has 0 aliphatic carbocycles. The molecule has 3 aromatic carbocycles. The van der Waals surface area contributed by atoms with Crippen molar-refractivity contribution >= 4 is 17.6 Å². The molecular formula is C29H26N4O6. The molecule has 3 heterocycles. The van der Waals surface area contributed by atoms with Gasteiger partial charge in [0.2, 0.25) is 12.5 Å². The van der Waals surface area contributed by atoms with E-state index in [4.69, 9.17) is 18.9 Å². The molecule has 0 bridgehead atoms. The molecule has 0 spiro atoms. The van der Waals surface area contributed by atoms with Crippen LogP contribution in [0.15, 0.2) is 72.8 Å². The fraction of sp³-hybridized carbons (Fsp3) is 0.207. The van der Waals surface area contributed by atoms with Crippen molar-refractivity contribution in [1.29, 1.82) is 0 Å². The largest absolute Gasteiger partial charge is 0.485 e. The number of hydrogen-bond acceptors (Lipinski definition) is 7. The first-order valence-corrected chi connectivity index (χ1v) is 12.4. The fourth-order valence-corrected chi connectivity index (χ4v) is 4.70. The summed E-state index contributed by atoms with van der Waals surface area (Å²) in [6, 6.07) is 22.3. The highest BCUT2D eigenvalue weighted by molar-refractivity contribution is 6.05. The van der Waals surface area contributed by atoms with Gasteiger partial charge in [-0.25, -0.2) is 0 Å². The smallest absolute Gasteiger partial charge is 0.257 e. The molecule has 10 nitrogen and oxygen atoms in total. The molecule has 0 saturated heterocycles. The summed E-state index contributed by atoms with van der Waals surface area (Å²) in [4.78, 5) is 28.2. The Labute approximate surface area is 224 Å². The summed E-state index contributed by atoms with van der Waals surface area (Å²) in [6.45, 7) is 0.985. The first kappa shape index (κ1) is 24.5. The third-order valence-corrected chi connectivity index (χ3v) is 6.69. The predicted octanol–water partition coefficient (Wildman–Crippen LogP) is 4.20. The number of H-pyrrole nitrogens is 1. The van der Waals surface area contributed by atoms with Crippen LogP contribution >= 0.6 is 0 Å². The molecule has 2 amide bonds. The van der Waals surface area contributed by atoms with Gasteiger partial charge in [0.25, 0.3) is 11.8 Å². The maximum absolute atomic E-state index is 13.3. The van der Waals surface area contributed by atoms with Crippen molar-refractivity contribution in [2.24, 2.45) is 0 Å². The molecule has 2 aliphatic rings. The van der Waals surface area contributed by atoms with E-state index in [1.54, 1.807) is 17.0 Å². The molecule has 10 heteroatoms. The third-order valence-electron chi connectivity index (χ3n) is 6.69. The number of methoxy groups -OCH3 is 1. The normalized spacial score (nSPS) is 14.1. The number of aromatic nitrogens is 2. The number of nitrogens with one attached hydrogen (secondary N) is 2. The van der Waals surface area contributed by atoms with Crippen LogP contribution in [0.2, 0.25) is 0 Å². The predicted molar refractivity (Wildman–Crippen MR) is 140 cm³/mol. The van der Waals surface area contributed by atoms with Gasteiger partial charge in [-0.3, -0.25) is 14.7 Å². The van der Waals surface area contributed by atoms with E-state index in [-0.39, 0.29) is 12.7 Å². The van der Waals surface area contributed by atoms with Crippen LogP contribution in [0.4, 0.5) is 5.82 Å². The minimum Gasteiger partial charge on any atom is -0.485 e. The average Bonchev–Trinajstić information content (AvgIpc) is 3.70. The van der Waals surface area contributed by atoms with Gasteiger partial charge in [0, 0.05) is 18.2 Å². The average molecular weight is 527 g/mol. The number of amides is 2. The highest BCUT2D eigenvalue weighted by Gasteiger charge is 2.33. The number of ether oxygens (including phenoxy) is 4. The fourth-order valence-electron chi connectivity index (χ4n) is 4.70. The molecule has 39 heavy (non-hydrogen) atoms. The zero-order valence-corrected chi connectivity index (χ0v) is 21.2. The van der Waals surface area contributed by atoms with E-state index in [1.807, 2.05) is 60.7 Å². The SMILES string of the molecule is CO[C@H](C(=O)N1Cc2[nH]nc(NC(=O)c3cc4c(c(OCc5ccccc5)c3)OCO4)c2C1)c1ccccc1. The lowest BCUT2D eigenvalue weighted by Gasteiger charge is -2.22. The number of fused-ring (bicyclic) bond motifs is 2. The quantitative estimate of drug-likeness (QED) is 0.354. The third kappa shape index (κ3) is 4.89. The Morgan fingerprint density at radius 2 is 1.82 bits per heavy atom.